The standard InChI is InChI=1S/C7H13NO3/c8-5-6(9)11-7-3-1-2-4-10-7/h7H,1-5,8H2/t7-/m0/s1. The van der Waals surface area contributed by atoms with E-state index in [1.54, 1.807) is 0 Å². The predicted octanol–water partition coefficient (Wildman–Crippen LogP) is 0.0149. The number of carbonyl (C=O) groups is 1. The molecule has 64 valence electrons. The first kappa shape index (κ1) is 8.49. The molecule has 1 fully saturated rings. The van der Waals surface area contributed by atoms with Gasteiger partial charge in [-0.25, -0.2) is 0 Å². The summed E-state index contributed by atoms with van der Waals surface area (Å²) in [6.45, 7) is 0.613. The largest absolute Gasteiger partial charge is 0.435 e. The molecule has 0 bridgehead atoms. The summed E-state index contributed by atoms with van der Waals surface area (Å²) in [7, 11) is 0. The third-order valence-electron chi connectivity index (χ3n) is 1.57. The molecule has 0 aromatic carbocycles. The third kappa shape index (κ3) is 2.86. The molecule has 0 aromatic rings. The molecule has 0 aliphatic carbocycles. The van der Waals surface area contributed by atoms with Crippen LogP contribution in [0, 0.1) is 0 Å². The van der Waals surface area contributed by atoms with Crippen molar-refractivity contribution in [2.24, 2.45) is 5.73 Å². The van der Waals surface area contributed by atoms with E-state index in [1.165, 1.54) is 0 Å². The van der Waals surface area contributed by atoms with Crippen molar-refractivity contribution in [2.75, 3.05) is 13.2 Å². The van der Waals surface area contributed by atoms with Gasteiger partial charge in [-0.3, -0.25) is 4.79 Å². The molecule has 0 aromatic heterocycles. The van der Waals surface area contributed by atoms with Crippen molar-refractivity contribution in [3.05, 3.63) is 0 Å². The molecule has 0 radical (unpaired) electrons. The zero-order valence-electron chi connectivity index (χ0n) is 6.41. The minimum Gasteiger partial charge on any atom is -0.435 e. The first-order valence-electron chi connectivity index (χ1n) is 3.84. The molecule has 11 heavy (non-hydrogen) atoms. The fourth-order valence-corrected chi connectivity index (χ4v) is 0.999. The molecule has 0 spiro atoms. The summed E-state index contributed by atoms with van der Waals surface area (Å²) >= 11 is 0. The van der Waals surface area contributed by atoms with Gasteiger partial charge in [0.05, 0.1) is 13.2 Å². The maximum atomic E-state index is 10.7. The van der Waals surface area contributed by atoms with Crippen molar-refractivity contribution in [3.8, 4) is 0 Å². The maximum absolute atomic E-state index is 10.7. The van der Waals surface area contributed by atoms with Crippen molar-refractivity contribution in [2.45, 2.75) is 25.6 Å². The zero-order valence-corrected chi connectivity index (χ0v) is 6.41. The normalized spacial score (nSPS) is 24.6. The van der Waals surface area contributed by atoms with Crippen LogP contribution in [0.4, 0.5) is 0 Å². The Morgan fingerprint density at radius 2 is 2.45 bits per heavy atom. The number of hydrogen-bond donors (Lipinski definition) is 1. The van der Waals surface area contributed by atoms with Gasteiger partial charge in [-0.1, -0.05) is 0 Å². The molecule has 2 N–H and O–H groups in total. The van der Waals surface area contributed by atoms with E-state index in [0.717, 1.165) is 19.3 Å². The fraction of sp³-hybridized carbons (Fsp3) is 0.857. The van der Waals surface area contributed by atoms with E-state index < -0.39 is 5.97 Å². The van der Waals surface area contributed by atoms with Gasteiger partial charge in [0.2, 0.25) is 6.29 Å². The van der Waals surface area contributed by atoms with Crippen LogP contribution in [0.15, 0.2) is 0 Å². The number of esters is 1. The molecule has 1 aliphatic heterocycles. The minimum absolute atomic E-state index is 0.0696. The zero-order chi connectivity index (χ0) is 8.10. The van der Waals surface area contributed by atoms with Crippen molar-refractivity contribution in [1.29, 1.82) is 0 Å². The van der Waals surface area contributed by atoms with Crippen LogP contribution in [0.1, 0.15) is 19.3 Å². The first-order valence-corrected chi connectivity index (χ1v) is 3.84. The predicted molar refractivity (Wildman–Crippen MR) is 38.7 cm³/mol. The van der Waals surface area contributed by atoms with Crippen molar-refractivity contribution < 1.29 is 14.3 Å². The Balaban J connectivity index is 2.19. The van der Waals surface area contributed by atoms with E-state index in [2.05, 4.69) is 0 Å². The summed E-state index contributed by atoms with van der Waals surface area (Å²) in [5.41, 5.74) is 5.06. The molecule has 1 aliphatic rings. The second kappa shape index (κ2) is 4.31. The van der Waals surface area contributed by atoms with Crippen LogP contribution in [-0.4, -0.2) is 25.4 Å². The van der Waals surface area contributed by atoms with E-state index in [-0.39, 0.29) is 12.8 Å². The summed E-state index contributed by atoms with van der Waals surface area (Å²) in [5.74, 6) is -0.392. The van der Waals surface area contributed by atoms with Crippen LogP contribution in [0.3, 0.4) is 0 Å². The fourth-order valence-electron chi connectivity index (χ4n) is 0.999. The maximum Gasteiger partial charge on any atom is 0.322 e. The number of rotatable bonds is 2. The van der Waals surface area contributed by atoms with E-state index in [1.807, 2.05) is 0 Å². The Labute approximate surface area is 65.7 Å². The average Bonchev–Trinajstić information content (AvgIpc) is 2.06. The van der Waals surface area contributed by atoms with Gasteiger partial charge in [0.25, 0.3) is 0 Å². The lowest BCUT2D eigenvalue weighted by molar-refractivity contribution is -0.185. The number of hydrogen-bond acceptors (Lipinski definition) is 4. The molecule has 0 unspecified atom stereocenters. The van der Waals surface area contributed by atoms with Gasteiger partial charge in [-0.2, -0.15) is 0 Å². The lowest BCUT2D eigenvalue weighted by Gasteiger charge is -2.21. The molecular weight excluding hydrogens is 146 g/mol. The lowest BCUT2D eigenvalue weighted by atomic mass is 10.2. The van der Waals surface area contributed by atoms with E-state index in [4.69, 9.17) is 15.2 Å². The molecular formula is C7H13NO3. The summed E-state index contributed by atoms with van der Waals surface area (Å²) in [6.07, 6.45) is 2.56. The quantitative estimate of drug-likeness (QED) is 0.577. The van der Waals surface area contributed by atoms with Gasteiger partial charge >= 0.3 is 5.97 Å². The molecule has 1 heterocycles. The summed E-state index contributed by atoms with van der Waals surface area (Å²) in [5, 5.41) is 0. The van der Waals surface area contributed by atoms with E-state index >= 15 is 0 Å². The number of carbonyl (C=O) groups excluding carboxylic acids is 1. The molecule has 1 saturated heterocycles. The minimum atomic E-state index is -0.392. The summed E-state index contributed by atoms with van der Waals surface area (Å²) < 4.78 is 10.0. The molecule has 1 rings (SSSR count). The topological polar surface area (TPSA) is 61.6 Å². The Kier molecular flexibility index (Phi) is 3.32. The van der Waals surface area contributed by atoms with Crippen molar-refractivity contribution in [3.63, 3.8) is 0 Å². The highest BCUT2D eigenvalue weighted by molar-refractivity contribution is 5.71. The molecule has 4 heteroatoms. The molecule has 0 saturated carbocycles. The monoisotopic (exact) mass is 159 g/mol. The van der Waals surface area contributed by atoms with Crippen molar-refractivity contribution >= 4 is 5.97 Å². The molecule has 4 nitrogen and oxygen atoms in total. The highest BCUT2D eigenvalue weighted by Gasteiger charge is 2.16. The van der Waals surface area contributed by atoms with Gasteiger partial charge in [0.1, 0.15) is 0 Å². The highest BCUT2D eigenvalue weighted by Crippen LogP contribution is 2.13. The van der Waals surface area contributed by atoms with Gasteiger partial charge in [-0.05, 0) is 12.8 Å². The molecule has 1 atom stereocenters. The number of nitrogens with two attached hydrogens (primary N) is 1. The van der Waals surface area contributed by atoms with Gasteiger partial charge in [-0.15, -0.1) is 0 Å². The summed E-state index contributed by atoms with van der Waals surface area (Å²) in [4.78, 5) is 10.7. The average molecular weight is 159 g/mol. The van der Waals surface area contributed by atoms with Crippen molar-refractivity contribution in [1.82, 2.24) is 0 Å². The van der Waals surface area contributed by atoms with Crippen LogP contribution >= 0.6 is 0 Å². The summed E-state index contributed by atoms with van der Waals surface area (Å²) in [6, 6.07) is 0. The SMILES string of the molecule is NCC(=O)O[C@H]1CCCCO1. The van der Waals surface area contributed by atoms with Gasteiger partial charge < -0.3 is 15.2 Å². The van der Waals surface area contributed by atoms with Crippen LogP contribution in [0.25, 0.3) is 0 Å². The Morgan fingerprint density at radius 3 is 3.00 bits per heavy atom. The lowest BCUT2D eigenvalue weighted by Crippen LogP contribution is -2.28. The van der Waals surface area contributed by atoms with Crippen LogP contribution < -0.4 is 5.73 Å². The highest BCUT2D eigenvalue weighted by atomic mass is 16.7. The second-order valence-corrected chi connectivity index (χ2v) is 2.49. The van der Waals surface area contributed by atoms with Gasteiger partial charge in [0.15, 0.2) is 0 Å². The number of ether oxygens (including phenoxy) is 2. The molecule has 0 amide bonds. The van der Waals surface area contributed by atoms with Crippen LogP contribution in [-0.2, 0) is 14.3 Å². The van der Waals surface area contributed by atoms with E-state index in [0.29, 0.717) is 6.61 Å². The Bertz CT molecular complexity index is 132. The Morgan fingerprint density at radius 1 is 1.64 bits per heavy atom. The first-order chi connectivity index (χ1) is 5.33. The van der Waals surface area contributed by atoms with Crippen LogP contribution in [0.5, 0.6) is 0 Å². The van der Waals surface area contributed by atoms with Gasteiger partial charge in [0, 0.05) is 6.42 Å². The van der Waals surface area contributed by atoms with Crippen LogP contribution in [0.2, 0.25) is 0 Å². The van der Waals surface area contributed by atoms with E-state index in [9.17, 15) is 4.79 Å². The smallest absolute Gasteiger partial charge is 0.322 e. The third-order valence-corrected chi connectivity index (χ3v) is 1.57. The Hall–Kier alpha value is -0.610. The second-order valence-electron chi connectivity index (χ2n) is 2.49.